The van der Waals surface area contributed by atoms with E-state index in [1.54, 1.807) is 0 Å². The van der Waals surface area contributed by atoms with Gasteiger partial charge in [-0.2, -0.15) is 0 Å². The van der Waals surface area contributed by atoms with E-state index in [4.69, 9.17) is 5.73 Å². The SMILES string of the molecule is CCN(C(C)C)C1(CN)CCCN(Cc2ccccc2)C1. The van der Waals surface area contributed by atoms with E-state index >= 15 is 0 Å². The lowest BCUT2D eigenvalue weighted by atomic mass is 9.85. The maximum absolute atomic E-state index is 6.24. The van der Waals surface area contributed by atoms with E-state index in [0.29, 0.717) is 6.04 Å². The highest BCUT2D eigenvalue weighted by molar-refractivity contribution is 5.15. The zero-order chi connectivity index (χ0) is 15.3. The lowest BCUT2D eigenvalue weighted by molar-refractivity contribution is -0.00235. The smallest absolute Gasteiger partial charge is 0.0461 e. The molecule has 0 spiro atoms. The molecule has 1 aliphatic rings. The quantitative estimate of drug-likeness (QED) is 0.874. The van der Waals surface area contributed by atoms with Gasteiger partial charge < -0.3 is 5.73 Å². The first-order valence-electron chi connectivity index (χ1n) is 8.34. The Morgan fingerprint density at radius 1 is 1.29 bits per heavy atom. The molecule has 1 aromatic carbocycles. The van der Waals surface area contributed by atoms with Crippen LogP contribution in [-0.2, 0) is 6.54 Å². The Morgan fingerprint density at radius 2 is 2.00 bits per heavy atom. The maximum atomic E-state index is 6.24. The highest BCUT2D eigenvalue weighted by atomic mass is 15.3. The van der Waals surface area contributed by atoms with E-state index in [1.165, 1.54) is 24.9 Å². The first kappa shape index (κ1) is 16.5. The van der Waals surface area contributed by atoms with Gasteiger partial charge in [-0.25, -0.2) is 0 Å². The van der Waals surface area contributed by atoms with Crippen molar-refractivity contribution in [3.05, 3.63) is 35.9 Å². The molecular weight excluding hydrogens is 258 g/mol. The summed E-state index contributed by atoms with van der Waals surface area (Å²) in [6.45, 7) is 12.0. The van der Waals surface area contributed by atoms with Crippen molar-refractivity contribution in [1.82, 2.24) is 9.80 Å². The van der Waals surface area contributed by atoms with Gasteiger partial charge in [-0.05, 0) is 45.3 Å². The summed E-state index contributed by atoms with van der Waals surface area (Å²) in [5.41, 5.74) is 7.79. The van der Waals surface area contributed by atoms with Crippen LogP contribution in [0.4, 0.5) is 0 Å². The second-order valence-corrected chi connectivity index (χ2v) is 6.61. The number of likely N-dealkylation sites (N-methyl/N-ethyl adjacent to an activating group) is 1. The van der Waals surface area contributed by atoms with Crippen LogP contribution in [0.1, 0.15) is 39.2 Å². The van der Waals surface area contributed by atoms with Gasteiger partial charge in [-0.1, -0.05) is 37.3 Å². The summed E-state index contributed by atoms with van der Waals surface area (Å²) >= 11 is 0. The van der Waals surface area contributed by atoms with Gasteiger partial charge in [-0.3, -0.25) is 9.80 Å². The monoisotopic (exact) mass is 289 g/mol. The third-order valence-electron chi connectivity index (χ3n) is 4.84. The Bertz CT molecular complexity index is 418. The van der Waals surface area contributed by atoms with Crippen molar-refractivity contribution < 1.29 is 0 Å². The van der Waals surface area contributed by atoms with Crippen LogP contribution in [0.3, 0.4) is 0 Å². The predicted octanol–water partition coefficient (Wildman–Crippen LogP) is 2.71. The number of piperidine rings is 1. The van der Waals surface area contributed by atoms with Crippen LogP contribution in [0.5, 0.6) is 0 Å². The summed E-state index contributed by atoms with van der Waals surface area (Å²) in [4.78, 5) is 5.18. The first-order valence-corrected chi connectivity index (χ1v) is 8.34. The molecule has 3 heteroatoms. The van der Waals surface area contributed by atoms with Gasteiger partial charge >= 0.3 is 0 Å². The molecule has 1 unspecified atom stereocenters. The number of nitrogens with zero attached hydrogens (tertiary/aromatic N) is 2. The fourth-order valence-electron chi connectivity index (χ4n) is 3.95. The highest BCUT2D eigenvalue weighted by Crippen LogP contribution is 2.29. The fourth-order valence-corrected chi connectivity index (χ4v) is 3.95. The van der Waals surface area contributed by atoms with Crippen molar-refractivity contribution in [3.63, 3.8) is 0 Å². The second kappa shape index (κ2) is 7.39. The second-order valence-electron chi connectivity index (χ2n) is 6.61. The first-order chi connectivity index (χ1) is 10.1. The van der Waals surface area contributed by atoms with Crippen molar-refractivity contribution in [1.29, 1.82) is 0 Å². The van der Waals surface area contributed by atoms with E-state index in [0.717, 1.165) is 26.2 Å². The number of benzene rings is 1. The minimum Gasteiger partial charge on any atom is -0.329 e. The molecule has 3 nitrogen and oxygen atoms in total. The minimum absolute atomic E-state index is 0.149. The summed E-state index contributed by atoms with van der Waals surface area (Å²) in [6.07, 6.45) is 2.47. The molecule has 2 rings (SSSR count). The number of likely N-dealkylation sites (tertiary alicyclic amines) is 1. The van der Waals surface area contributed by atoms with Crippen molar-refractivity contribution in [2.24, 2.45) is 5.73 Å². The molecule has 0 radical (unpaired) electrons. The lowest BCUT2D eigenvalue weighted by Crippen LogP contribution is -2.64. The molecule has 0 aliphatic carbocycles. The van der Waals surface area contributed by atoms with Crippen LogP contribution in [0.15, 0.2) is 30.3 Å². The Hall–Kier alpha value is -0.900. The van der Waals surface area contributed by atoms with Crippen LogP contribution in [-0.4, -0.2) is 47.6 Å². The molecule has 118 valence electrons. The molecule has 1 fully saturated rings. The summed E-state index contributed by atoms with van der Waals surface area (Å²) in [5.74, 6) is 0. The van der Waals surface area contributed by atoms with Crippen LogP contribution >= 0.6 is 0 Å². The molecule has 1 aliphatic heterocycles. The number of rotatable bonds is 6. The van der Waals surface area contributed by atoms with Crippen molar-refractivity contribution in [2.45, 2.75) is 51.7 Å². The molecule has 0 aromatic heterocycles. The highest BCUT2D eigenvalue weighted by Gasteiger charge is 2.39. The van der Waals surface area contributed by atoms with E-state index in [1.807, 2.05) is 0 Å². The molecule has 0 bridgehead atoms. The van der Waals surface area contributed by atoms with Crippen molar-refractivity contribution in [2.75, 3.05) is 26.2 Å². The van der Waals surface area contributed by atoms with Crippen LogP contribution < -0.4 is 5.73 Å². The van der Waals surface area contributed by atoms with Gasteiger partial charge in [0.05, 0.1) is 0 Å². The molecule has 0 amide bonds. The van der Waals surface area contributed by atoms with Crippen molar-refractivity contribution in [3.8, 4) is 0 Å². The predicted molar refractivity (Wildman–Crippen MR) is 90.3 cm³/mol. The van der Waals surface area contributed by atoms with E-state index < -0.39 is 0 Å². The van der Waals surface area contributed by atoms with Gasteiger partial charge in [0.15, 0.2) is 0 Å². The maximum Gasteiger partial charge on any atom is 0.0461 e. The van der Waals surface area contributed by atoms with E-state index in [2.05, 4.69) is 60.9 Å². The summed E-state index contributed by atoms with van der Waals surface area (Å²) < 4.78 is 0. The van der Waals surface area contributed by atoms with Crippen molar-refractivity contribution >= 4 is 0 Å². The Morgan fingerprint density at radius 3 is 2.57 bits per heavy atom. The fraction of sp³-hybridized carbons (Fsp3) is 0.667. The average Bonchev–Trinajstić information content (AvgIpc) is 2.49. The van der Waals surface area contributed by atoms with Crippen LogP contribution in [0.25, 0.3) is 0 Å². The van der Waals surface area contributed by atoms with E-state index in [9.17, 15) is 0 Å². The minimum atomic E-state index is 0.149. The molecule has 1 heterocycles. The zero-order valence-electron chi connectivity index (χ0n) is 13.9. The standard InChI is InChI=1S/C18H31N3/c1-4-21(16(2)3)18(14-19)11-8-12-20(15-18)13-17-9-6-5-7-10-17/h5-7,9-10,16H,4,8,11-15,19H2,1-3H3. The Labute approximate surface area is 130 Å². The van der Waals surface area contributed by atoms with Gasteiger partial charge in [0.2, 0.25) is 0 Å². The topological polar surface area (TPSA) is 32.5 Å². The summed E-state index contributed by atoms with van der Waals surface area (Å²) in [7, 11) is 0. The molecule has 1 aromatic rings. The lowest BCUT2D eigenvalue weighted by Gasteiger charge is -2.51. The van der Waals surface area contributed by atoms with Gasteiger partial charge in [0.1, 0.15) is 0 Å². The third kappa shape index (κ3) is 3.85. The zero-order valence-corrected chi connectivity index (χ0v) is 13.9. The Kier molecular flexibility index (Phi) is 5.80. The average molecular weight is 289 g/mol. The molecule has 1 saturated heterocycles. The normalized spacial score (nSPS) is 23.9. The summed E-state index contributed by atoms with van der Waals surface area (Å²) in [5, 5.41) is 0. The molecule has 1 atom stereocenters. The molecule has 21 heavy (non-hydrogen) atoms. The molecule has 2 N–H and O–H groups in total. The molecule has 0 saturated carbocycles. The van der Waals surface area contributed by atoms with Crippen LogP contribution in [0, 0.1) is 0 Å². The van der Waals surface area contributed by atoms with Gasteiger partial charge in [0.25, 0.3) is 0 Å². The van der Waals surface area contributed by atoms with Gasteiger partial charge in [0, 0.05) is 31.2 Å². The van der Waals surface area contributed by atoms with Gasteiger partial charge in [-0.15, -0.1) is 0 Å². The largest absolute Gasteiger partial charge is 0.329 e. The number of hydrogen-bond acceptors (Lipinski definition) is 3. The Balaban J connectivity index is 2.10. The number of hydrogen-bond donors (Lipinski definition) is 1. The third-order valence-corrected chi connectivity index (χ3v) is 4.84. The summed E-state index contributed by atoms with van der Waals surface area (Å²) in [6, 6.07) is 11.3. The molecular formula is C18H31N3. The van der Waals surface area contributed by atoms with E-state index in [-0.39, 0.29) is 5.54 Å². The van der Waals surface area contributed by atoms with Crippen LogP contribution in [0.2, 0.25) is 0 Å². The number of nitrogens with two attached hydrogens (primary N) is 1.